The van der Waals surface area contributed by atoms with Gasteiger partial charge in [-0.05, 0) is 30.7 Å². The van der Waals surface area contributed by atoms with E-state index in [-0.39, 0.29) is 5.69 Å². The fraction of sp³-hybridized carbons (Fsp3) is 0.600. The van der Waals surface area contributed by atoms with Crippen molar-refractivity contribution in [2.24, 2.45) is 5.41 Å². The highest BCUT2D eigenvalue weighted by Gasteiger charge is 2.26. The van der Waals surface area contributed by atoms with Gasteiger partial charge < -0.3 is 4.74 Å². The van der Waals surface area contributed by atoms with Crippen LogP contribution in [0.1, 0.15) is 45.4 Å². The van der Waals surface area contributed by atoms with Crippen molar-refractivity contribution >= 4 is 17.3 Å². The summed E-state index contributed by atoms with van der Waals surface area (Å²) in [7, 11) is 0. The summed E-state index contributed by atoms with van der Waals surface area (Å²) in [6, 6.07) is 4.33. The van der Waals surface area contributed by atoms with E-state index in [1.54, 1.807) is 6.07 Å². The number of benzene rings is 1. The molecule has 110 valence electrons. The topological polar surface area (TPSA) is 52.4 Å². The number of non-ortho nitro benzene ring substituents is 1. The third-order valence-electron chi connectivity index (χ3n) is 4.15. The maximum Gasteiger partial charge on any atom is 0.271 e. The highest BCUT2D eigenvalue weighted by Crippen LogP contribution is 2.39. The van der Waals surface area contributed by atoms with Crippen LogP contribution in [0.5, 0.6) is 5.75 Å². The van der Waals surface area contributed by atoms with Crippen LogP contribution in [-0.2, 0) is 0 Å². The Morgan fingerprint density at radius 3 is 2.65 bits per heavy atom. The molecule has 4 nitrogen and oxygen atoms in total. The van der Waals surface area contributed by atoms with Gasteiger partial charge in [0.1, 0.15) is 5.75 Å². The van der Waals surface area contributed by atoms with E-state index >= 15 is 0 Å². The van der Waals surface area contributed by atoms with E-state index in [1.807, 2.05) is 0 Å². The number of nitrogens with zero attached hydrogens (tertiary/aromatic N) is 1. The Hall–Kier alpha value is -1.29. The molecule has 0 bridgehead atoms. The fourth-order valence-corrected chi connectivity index (χ4v) is 3.01. The Kier molecular flexibility index (Phi) is 4.86. The highest BCUT2D eigenvalue weighted by atomic mass is 35.5. The van der Waals surface area contributed by atoms with E-state index in [1.165, 1.54) is 44.2 Å². The summed E-state index contributed by atoms with van der Waals surface area (Å²) in [6.07, 6.45) is 7.45. The molecule has 1 saturated carbocycles. The second-order valence-electron chi connectivity index (χ2n) is 5.84. The van der Waals surface area contributed by atoms with Gasteiger partial charge >= 0.3 is 0 Å². The van der Waals surface area contributed by atoms with Gasteiger partial charge in [0.15, 0.2) is 0 Å². The molecule has 1 aromatic carbocycles. The minimum Gasteiger partial charge on any atom is -0.492 e. The summed E-state index contributed by atoms with van der Waals surface area (Å²) in [4.78, 5) is 10.2. The molecule has 0 aliphatic heterocycles. The largest absolute Gasteiger partial charge is 0.492 e. The van der Waals surface area contributed by atoms with Crippen LogP contribution in [0.3, 0.4) is 0 Å². The molecule has 0 saturated heterocycles. The van der Waals surface area contributed by atoms with Crippen LogP contribution >= 0.6 is 11.6 Å². The van der Waals surface area contributed by atoms with Crippen LogP contribution in [0, 0.1) is 15.5 Å². The van der Waals surface area contributed by atoms with Gasteiger partial charge in [-0.1, -0.05) is 37.8 Å². The average molecular weight is 298 g/mol. The number of nitro benzene ring substituents is 1. The Balaban J connectivity index is 1.89. The van der Waals surface area contributed by atoms with Gasteiger partial charge in [-0.15, -0.1) is 0 Å². The molecule has 0 heterocycles. The molecule has 0 aromatic heterocycles. The van der Waals surface area contributed by atoms with Gasteiger partial charge in [0.25, 0.3) is 5.69 Å². The molecule has 0 atom stereocenters. The summed E-state index contributed by atoms with van der Waals surface area (Å²) >= 11 is 6.00. The van der Waals surface area contributed by atoms with Crippen molar-refractivity contribution in [1.82, 2.24) is 0 Å². The molecule has 2 rings (SSSR count). The molecule has 0 unspecified atom stereocenters. The lowest BCUT2D eigenvalue weighted by Crippen LogP contribution is -2.22. The monoisotopic (exact) mass is 297 g/mol. The number of hydrogen-bond donors (Lipinski definition) is 0. The van der Waals surface area contributed by atoms with E-state index in [9.17, 15) is 10.1 Å². The van der Waals surface area contributed by atoms with Gasteiger partial charge in [0.2, 0.25) is 0 Å². The van der Waals surface area contributed by atoms with Gasteiger partial charge in [-0.25, -0.2) is 0 Å². The molecule has 1 aliphatic carbocycles. The zero-order valence-electron chi connectivity index (χ0n) is 11.7. The number of ether oxygens (including phenoxy) is 1. The maximum atomic E-state index is 10.6. The van der Waals surface area contributed by atoms with E-state index in [4.69, 9.17) is 16.3 Å². The summed E-state index contributed by atoms with van der Waals surface area (Å²) in [6.45, 7) is 2.92. The second kappa shape index (κ2) is 6.44. The lowest BCUT2D eigenvalue weighted by Gasteiger charge is -2.33. The minimum absolute atomic E-state index is 0.0124. The molecule has 0 spiro atoms. The predicted octanol–water partition coefficient (Wildman–Crippen LogP) is 4.99. The van der Waals surface area contributed by atoms with Gasteiger partial charge in [-0.2, -0.15) is 0 Å². The van der Waals surface area contributed by atoms with Crippen molar-refractivity contribution in [3.63, 3.8) is 0 Å². The first-order valence-corrected chi connectivity index (χ1v) is 7.45. The minimum atomic E-state index is -0.460. The van der Waals surface area contributed by atoms with Crippen LogP contribution < -0.4 is 4.74 Å². The van der Waals surface area contributed by atoms with Crippen molar-refractivity contribution < 1.29 is 9.66 Å². The molecule has 1 fully saturated rings. The van der Waals surface area contributed by atoms with Crippen LogP contribution in [0.4, 0.5) is 5.69 Å². The first kappa shape index (κ1) is 15.1. The smallest absolute Gasteiger partial charge is 0.271 e. The molecule has 1 aliphatic rings. The SMILES string of the molecule is CC1(CCOc2ccc([N+](=O)[O-])cc2Cl)CCCCC1. The molecule has 0 N–H and O–H groups in total. The molecular weight excluding hydrogens is 278 g/mol. The highest BCUT2D eigenvalue weighted by molar-refractivity contribution is 6.32. The zero-order valence-corrected chi connectivity index (χ0v) is 12.5. The average Bonchev–Trinajstić information content (AvgIpc) is 2.41. The van der Waals surface area contributed by atoms with Crippen molar-refractivity contribution in [2.75, 3.05) is 6.61 Å². The van der Waals surface area contributed by atoms with Crippen LogP contribution in [0.15, 0.2) is 18.2 Å². The summed E-state index contributed by atoms with van der Waals surface area (Å²) in [5, 5.41) is 10.9. The molecule has 0 radical (unpaired) electrons. The van der Waals surface area contributed by atoms with Crippen molar-refractivity contribution in [3.8, 4) is 5.75 Å². The maximum absolute atomic E-state index is 10.6. The zero-order chi connectivity index (χ0) is 14.6. The van der Waals surface area contributed by atoms with E-state index < -0.39 is 4.92 Å². The van der Waals surface area contributed by atoms with Crippen molar-refractivity contribution in [2.45, 2.75) is 45.4 Å². The lowest BCUT2D eigenvalue weighted by molar-refractivity contribution is -0.384. The third-order valence-corrected chi connectivity index (χ3v) is 4.45. The molecule has 20 heavy (non-hydrogen) atoms. The second-order valence-corrected chi connectivity index (χ2v) is 6.25. The van der Waals surface area contributed by atoms with Gasteiger partial charge in [0, 0.05) is 12.1 Å². The number of halogens is 1. The Labute approximate surface area is 124 Å². The van der Waals surface area contributed by atoms with Crippen molar-refractivity contribution in [3.05, 3.63) is 33.3 Å². The van der Waals surface area contributed by atoms with E-state index in [0.717, 1.165) is 6.42 Å². The van der Waals surface area contributed by atoms with Gasteiger partial charge in [-0.3, -0.25) is 10.1 Å². The van der Waals surface area contributed by atoms with Crippen molar-refractivity contribution in [1.29, 1.82) is 0 Å². The summed E-state index contributed by atoms with van der Waals surface area (Å²) in [5.74, 6) is 0.525. The van der Waals surface area contributed by atoms with Crippen LogP contribution in [0.25, 0.3) is 0 Å². The Morgan fingerprint density at radius 2 is 2.05 bits per heavy atom. The first-order chi connectivity index (χ1) is 9.50. The van der Waals surface area contributed by atoms with Crippen LogP contribution in [0.2, 0.25) is 5.02 Å². The Bertz CT molecular complexity index is 484. The summed E-state index contributed by atoms with van der Waals surface area (Å²) in [5.41, 5.74) is 0.354. The van der Waals surface area contributed by atoms with Crippen LogP contribution in [-0.4, -0.2) is 11.5 Å². The van der Waals surface area contributed by atoms with Gasteiger partial charge in [0.05, 0.1) is 16.6 Å². The first-order valence-electron chi connectivity index (χ1n) is 7.07. The lowest BCUT2D eigenvalue weighted by atomic mass is 9.74. The molecule has 1 aromatic rings. The normalized spacial score (nSPS) is 17.7. The standard InChI is InChI=1S/C15H20ClNO3/c1-15(7-3-2-4-8-15)9-10-20-14-6-5-12(17(18)19)11-13(14)16/h5-6,11H,2-4,7-10H2,1H3. The fourth-order valence-electron chi connectivity index (χ4n) is 2.78. The predicted molar refractivity (Wildman–Crippen MR) is 79.4 cm³/mol. The van der Waals surface area contributed by atoms with E-state index in [0.29, 0.717) is 22.8 Å². The third kappa shape index (κ3) is 3.85. The van der Waals surface area contributed by atoms with E-state index in [2.05, 4.69) is 6.92 Å². The molecular formula is C15H20ClNO3. The molecule has 0 amide bonds. The number of nitro groups is 1. The quantitative estimate of drug-likeness (QED) is 0.568. The number of hydrogen-bond acceptors (Lipinski definition) is 3. The Morgan fingerprint density at radius 1 is 1.35 bits per heavy atom. The number of rotatable bonds is 5. The summed E-state index contributed by atoms with van der Waals surface area (Å²) < 4.78 is 5.68. The molecule has 5 heteroatoms.